The van der Waals surface area contributed by atoms with Crippen molar-refractivity contribution in [2.24, 2.45) is 0 Å². The Balaban J connectivity index is 2.12. The zero-order valence-corrected chi connectivity index (χ0v) is 13.1. The molecule has 4 nitrogen and oxygen atoms in total. The molecule has 0 bridgehead atoms. The summed E-state index contributed by atoms with van der Waals surface area (Å²) in [5, 5.41) is 0. The van der Waals surface area contributed by atoms with Crippen LogP contribution in [0, 0.1) is 6.92 Å². The Bertz CT molecular complexity index is 848. The predicted octanol–water partition coefficient (Wildman–Crippen LogP) is 4.06. The maximum Gasteiger partial charge on any atom is 0.166 e. The molecule has 0 aliphatic carbocycles. The third-order valence-corrected chi connectivity index (χ3v) is 3.97. The maximum atomic E-state index is 11.3. The van der Waals surface area contributed by atoms with Gasteiger partial charge in [0.1, 0.15) is 5.75 Å². The van der Waals surface area contributed by atoms with E-state index >= 15 is 0 Å². The van der Waals surface area contributed by atoms with Crippen LogP contribution in [0.25, 0.3) is 22.3 Å². The zero-order valence-electron chi connectivity index (χ0n) is 13.1. The molecule has 4 heteroatoms. The lowest BCUT2D eigenvalue weighted by Crippen LogP contribution is -1.94. The van der Waals surface area contributed by atoms with Gasteiger partial charge in [0.25, 0.3) is 0 Å². The first-order valence-electron chi connectivity index (χ1n) is 7.31. The molecule has 0 aliphatic heterocycles. The highest BCUT2D eigenvalue weighted by molar-refractivity contribution is 5.92. The predicted molar refractivity (Wildman–Crippen MR) is 92.8 cm³/mol. The van der Waals surface area contributed by atoms with E-state index in [4.69, 9.17) is 10.5 Å². The second-order valence-corrected chi connectivity index (χ2v) is 5.41. The van der Waals surface area contributed by atoms with Gasteiger partial charge in [0.15, 0.2) is 6.29 Å². The number of nitrogen functional groups attached to an aromatic ring is 1. The first-order valence-corrected chi connectivity index (χ1v) is 7.31. The summed E-state index contributed by atoms with van der Waals surface area (Å²) in [5.41, 5.74) is 12.1. The van der Waals surface area contributed by atoms with E-state index in [-0.39, 0.29) is 0 Å². The number of benzene rings is 2. The molecule has 0 aliphatic rings. The van der Waals surface area contributed by atoms with Crippen LogP contribution in [0.15, 0.2) is 48.7 Å². The molecular formula is C19H18N2O2. The lowest BCUT2D eigenvalue weighted by molar-refractivity contribution is 0.112. The fraction of sp³-hybridized carbons (Fsp3) is 0.105. The van der Waals surface area contributed by atoms with Gasteiger partial charge in [-0.1, -0.05) is 18.2 Å². The van der Waals surface area contributed by atoms with Crippen molar-refractivity contribution in [3.8, 4) is 28.0 Å². The standard InChI is InChI=1S/C19H18N2O2/c1-12-10-21-18(11-22)19(12)16-9-14(5-8-17(16)20)13-3-6-15(23-2)7-4-13/h3-11,21H,20H2,1-2H3. The molecule has 3 N–H and O–H groups in total. The average molecular weight is 306 g/mol. The van der Waals surface area contributed by atoms with Crippen molar-refractivity contribution in [1.82, 2.24) is 4.98 Å². The number of carbonyl (C=O) groups excluding carboxylic acids is 1. The molecule has 0 unspecified atom stereocenters. The van der Waals surface area contributed by atoms with Crippen molar-refractivity contribution < 1.29 is 9.53 Å². The summed E-state index contributed by atoms with van der Waals surface area (Å²) in [6.07, 6.45) is 2.64. The van der Waals surface area contributed by atoms with E-state index in [1.807, 2.05) is 55.6 Å². The molecule has 116 valence electrons. The van der Waals surface area contributed by atoms with Gasteiger partial charge in [-0.25, -0.2) is 0 Å². The second kappa shape index (κ2) is 6.01. The van der Waals surface area contributed by atoms with Crippen LogP contribution in [0.2, 0.25) is 0 Å². The van der Waals surface area contributed by atoms with E-state index in [9.17, 15) is 4.79 Å². The Morgan fingerprint density at radius 1 is 1.09 bits per heavy atom. The van der Waals surface area contributed by atoms with Crippen molar-refractivity contribution in [2.75, 3.05) is 12.8 Å². The molecule has 0 saturated carbocycles. The minimum Gasteiger partial charge on any atom is -0.497 e. The number of ether oxygens (including phenoxy) is 1. The van der Waals surface area contributed by atoms with Gasteiger partial charge in [0.05, 0.1) is 12.8 Å². The molecule has 0 radical (unpaired) electrons. The van der Waals surface area contributed by atoms with Gasteiger partial charge in [-0.3, -0.25) is 4.79 Å². The molecule has 0 atom stereocenters. The number of hydrogen-bond acceptors (Lipinski definition) is 3. The topological polar surface area (TPSA) is 68.1 Å². The van der Waals surface area contributed by atoms with Crippen LogP contribution in [-0.2, 0) is 0 Å². The molecule has 3 aromatic rings. The van der Waals surface area contributed by atoms with Crippen molar-refractivity contribution >= 4 is 12.0 Å². The second-order valence-electron chi connectivity index (χ2n) is 5.41. The van der Waals surface area contributed by atoms with Crippen LogP contribution >= 0.6 is 0 Å². The number of nitrogens with one attached hydrogen (secondary N) is 1. The zero-order chi connectivity index (χ0) is 16.4. The molecule has 1 heterocycles. The minimum absolute atomic E-state index is 0.543. The van der Waals surface area contributed by atoms with Crippen LogP contribution in [0.4, 0.5) is 5.69 Å². The van der Waals surface area contributed by atoms with E-state index in [2.05, 4.69) is 4.98 Å². The summed E-state index contributed by atoms with van der Waals surface area (Å²) >= 11 is 0. The first-order chi connectivity index (χ1) is 11.1. The third kappa shape index (κ3) is 2.71. The number of H-pyrrole nitrogens is 1. The fourth-order valence-electron chi connectivity index (χ4n) is 2.73. The van der Waals surface area contributed by atoms with Crippen molar-refractivity contribution in [1.29, 1.82) is 0 Å². The minimum atomic E-state index is 0.543. The maximum absolute atomic E-state index is 11.3. The number of aromatic nitrogens is 1. The number of anilines is 1. The molecule has 3 rings (SSSR count). The van der Waals surface area contributed by atoms with E-state index in [0.29, 0.717) is 11.4 Å². The molecule has 1 aromatic heterocycles. The number of rotatable bonds is 4. The van der Waals surface area contributed by atoms with Gasteiger partial charge >= 0.3 is 0 Å². The van der Waals surface area contributed by atoms with E-state index < -0.39 is 0 Å². The van der Waals surface area contributed by atoms with Crippen LogP contribution in [0.3, 0.4) is 0 Å². The highest BCUT2D eigenvalue weighted by atomic mass is 16.5. The summed E-state index contributed by atoms with van der Waals surface area (Å²) in [6, 6.07) is 13.7. The van der Waals surface area contributed by atoms with Gasteiger partial charge in [0.2, 0.25) is 0 Å². The highest BCUT2D eigenvalue weighted by Gasteiger charge is 2.14. The van der Waals surface area contributed by atoms with E-state index in [0.717, 1.165) is 39.9 Å². The monoisotopic (exact) mass is 306 g/mol. The molecule has 0 fully saturated rings. The number of nitrogens with two attached hydrogens (primary N) is 1. The molecule has 0 spiro atoms. The lowest BCUT2D eigenvalue weighted by atomic mass is 9.96. The Morgan fingerprint density at radius 3 is 2.43 bits per heavy atom. The first kappa shape index (κ1) is 14.9. The largest absolute Gasteiger partial charge is 0.497 e. The smallest absolute Gasteiger partial charge is 0.166 e. The van der Waals surface area contributed by atoms with Crippen molar-refractivity contribution in [3.05, 3.63) is 59.9 Å². The van der Waals surface area contributed by atoms with Gasteiger partial charge in [-0.15, -0.1) is 0 Å². The SMILES string of the molecule is COc1ccc(-c2ccc(N)c(-c3c(C)c[nH]c3C=O)c2)cc1. The molecular weight excluding hydrogens is 288 g/mol. The Morgan fingerprint density at radius 2 is 1.78 bits per heavy atom. The quantitative estimate of drug-likeness (QED) is 0.564. The number of hydrogen-bond donors (Lipinski definition) is 2. The Hall–Kier alpha value is -3.01. The van der Waals surface area contributed by atoms with Gasteiger partial charge in [0, 0.05) is 23.0 Å². The highest BCUT2D eigenvalue weighted by Crippen LogP contribution is 2.35. The van der Waals surface area contributed by atoms with Crippen LogP contribution in [0.1, 0.15) is 16.1 Å². The normalized spacial score (nSPS) is 10.5. The molecule has 2 aromatic carbocycles. The fourth-order valence-corrected chi connectivity index (χ4v) is 2.73. The number of aromatic amines is 1. The summed E-state index contributed by atoms with van der Waals surface area (Å²) in [7, 11) is 1.64. The van der Waals surface area contributed by atoms with Crippen LogP contribution < -0.4 is 10.5 Å². The van der Waals surface area contributed by atoms with Crippen LogP contribution in [-0.4, -0.2) is 18.4 Å². The molecule has 0 saturated heterocycles. The number of aldehydes is 1. The average Bonchev–Trinajstić information content (AvgIpc) is 2.96. The summed E-state index contributed by atoms with van der Waals surface area (Å²) in [6.45, 7) is 1.96. The van der Waals surface area contributed by atoms with Gasteiger partial charge < -0.3 is 15.5 Å². The lowest BCUT2D eigenvalue weighted by Gasteiger charge is -2.10. The number of methoxy groups -OCH3 is 1. The summed E-state index contributed by atoms with van der Waals surface area (Å²) < 4.78 is 5.19. The van der Waals surface area contributed by atoms with Gasteiger partial charge in [-0.2, -0.15) is 0 Å². The van der Waals surface area contributed by atoms with Gasteiger partial charge in [-0.05, 0) is 47.9 Å². The summed E-state index contributed by atoms with van der Waals surface area (Å²) in [4.78, 5) is 14.2. The van der Waals surface area contributed by atoms with E-state index in [1.165, 1.54) is 0 Å². The van der Waals surface area contributed by atoms with Crippen LogP contribution in [0.5, 0.6) is 5.75 Å². The molecule has 23 heavy (non-hydrogen) atoms. The Kier molecular flexibility index (Phi) is 3.89. The Labute approximate surface area is 134 Å². The van der Waals surface area contributed by atoms with E-state index in [1.54, 1.807) is 7.11 Å². The number of aryl methyl sites for hydroxylation is 1. The van der Waals surface area contributed by atoms with Crippen molar-refractivity contribution in [3.63, 3.8) is 0 Å². The van der Waals surface area contributed by atoms with Crippen molar-refractivity contribution in [2.45, 2.75) is 6.92 Å². The third-order valence-electron chi connectivity index (χ3n) is 3.97. The summed E-state index contributed by atoms with van der Waals surface area (Å²) in [5.74, 6) is 0.814. The molecule has 0 amide bonds. The number of carbonyl (C=O) groups is 1.